The van der Waals surface area contributed by atoms with E-state index in [4.69, 9.17) is 14.2 Å². The lowest BCUT2D eigenvalue weighted by Gasteiger charge is -2.34. The van der Waals surface area contributed by atoms with Crippen molar-refractivity contribution in [3.8, 4) is 0 Å². The molecule has 60 heavy (non-hydrogen) atoms. The second kappa shape index (κ2) is 42.7. The number of quaternary nitrogens is 1. The Balaban J connectivity index is 4.27. The monoisotopic (exact) mass is 842 g/mol. The van der Waals surface area contributed by atoms with E-state index >= 15 is 0 Å². The summed E-state index contributed by atoms with van der Waals surface area (Å²) in [5.74, 6) is -1.76. The van der Waals surface area contributed by atoms with Crippen LogP contribution in [0, 0.1) is 0 Å². The van der Waals surface area contributed by atoms with Crippen molar-refractivity contribution in [1.29, 1.82) is 0 Å². The average Bonchev–Trinajstić information content (AvgIpc) is 3.21. The highest BCUT2D eigenvalue weighted by Crippen LogP contribution is 2.14. The Kier molecular flexibility index (Phi) is 40.6. The molecule has 0 aromatic rings. The summed E-state index contributed by atoms with van der Waals surface area (Å²) < 4.78 is 17.2. The van der Waals surface area contributed by atoms with Gasteiger partial charge in [0.05, 0.1) is 40.3 Å². The average molecular weight is 842 g/mol. The van der Waals surface area contributed by atoms with Gasteiger partial charge >= 0.3 is 11.9 Å². The second-order valence-electron chi connectivity index (χ2n) is 17.3. The number of carboxylic acid groups (broad SMARTS) is 1. The molecule has 0 spiro atoms. The summed E-state index contributed by atoms with van der Waals surface area (Å²) in [5, 5.41) is 11.6. The standard InChI is InChI=1S/C52H91NO7/c1-6-8-10-12-14-16-18-20-22-23-24-25-26-27-28-29-31-32-34-36-38-40-42-50(54)59-47-48(46-58-45-44-49(52(56)57)53(3,4)5)60-51(55)43-41-39-37-35-33-30-21-19-17-15-13-11-9-7-2/h8,10,14,16,20,22,24-25,30,33,48-49H,6-7,9,11-13,15,17-19,21,23,26-29,31-32,34-47H2,1-5H3/b10-8+,16-14+,22-20+,25-24+,33-30+. The predicted molar refractivity (Wildman–Crippen MR) is 249 cm³/mol. The number of unbranched alkanes of at least 4 members (excludes halogenated alkanes) is 19. The summed E-state index contributed by atoms with van der Waals surface area (Å²) >= 11 is 0. The van der Waals surface area contributed by atoms with E-state index in [0.717, 1.165) is 83.5 Å². The highest BCUT2D eigenvalue weighted by atomic mass is 16.6. The van der Waals surface area contributed by atoms with E-state index in [-0.39, 0.29) is 42.7 Å². The largest absolute Gasteiger partial charge is 0.544 e. The Morgan fingerprint density at radius 1 is 0.517 bits per heavy atom. The summed E-state index contributed by atoms with van der Waals surface area (Å²) in [6, 6.07) is -0.731. The molecule has 2 unspecified atom stereocenters. The molecule has 0 N–H and O–H groups in total. The zero-order valence-electron chi connectivity index (χ0n) is 39.4. The normalized spacial score (nSPS) is 13.4. The highest BCUT2D eigenvalue weighted by Gasteiger charge is 2.25. The predicted octanol–water partition coefficient (Wildman–Crippen LogP) is 12.4. The third-order valence-corrected chi connectivity index (χ3v) is 10.6. The minimum atomic E-state index is -1.13. The Morgan fingerprint density at radius 2 is 0.933 bits per heavy atom. The molecule has 0 saturated heterocycles. The third kappa shape index (κ3) is 40.4. The van der Waals surface area contributed by atoms with Gasteiger partial charge in [-0.1, -0.05) is 164 Å². The van der Waals surface area contributed by atoms with Gasteiger partial charge in [0.1, 0.15) is 12.6 Å². The maximum atomic E-state index is 12.7. The van der Waals surface area contributed by atoms with E-state index in [1.165, 1.54) is 83.5 Å². The van der Waals surface area contributed by atoms with Crippen LogP contribution in [-0.2, 0) is 28.6 Å². The molecule has 0 aromatic heterocycles. The van der Waals surface area contributed by atoms with Crippen LogP contribution < -0.4 is 5.11 Å². The number of carboxylic acids is 1. The lowest BCUT2D eigenvalue weighted by molar-refractivity contribution is -0.889. The van der Waals surface area contributed by atoms with Crippen molar-refractivity contribution in [2.75, 3.05) is 41.0 Å². The molecular weight excluding hydrogens is 751 g/mol. The van der Waals surface area contributed by atoms with Crippen molar-refractivity contribution >= 4 is 17.9 Å². The van der Waals surface area contributed by atoms with E-state index < -0.39 is 18.1 Å². The molecule has 346 valence electrons. The van der Waals surface area contributed by atoms with Gasteiger partial charge in [0.25, 0.3) is 0 Å². The Bertz CT molecular complexity index is 1170. The number of likely N-dealkylation sites (N-methyl/N-ethyl adjacent to an activating group) is 1. The van der Waals surface area contributed by atoms with Crippen molar-refractivity contribution < 1.29 is 38.2 Å². The molecule has 8 nitrogen and oxygen atoms in total. The lowest BCUT2D eigenvalue weighted by atomic mass is 10.1. The molecule has 8 heteroatoms. The molecule has 0 aliphatic carbocycles. The van der Waals surface area contributed by atoms with Gasteiger partial charge < -0.3 is 28.6 Å². The van der Waals surface area contributed by atoms with Gasteiger partial charge in [0.15, 0.2) is 6.10 Å². The highest BCUT2D eigenvalue weighted by molar-refractivity contribution is 5.70. The summed E-state index contributed by atoms with van der Waals surface area (Å²) in [6.45, 7) is 4.53. The molecule has 0 radical (unpaired) electrons. The van der Waals surface area contributed by atoms with Gasteiger partial charge in [-0.05, 0) is 77.0 Å². The topological polar surface area (TPSA) is 102 Å². The molecule has 0 fully saturated rings. The van der Waals surface area contributed by atoms with Gasteiger partial charge in [-0.25, -0.2) is 0 Å². The van der Waals surface area contributed by atoms with Crippen molar-refractivity contribution in [2.45, 2.75) is 212 Å². The van der Waals surface area contributed by atoms with Gasteiger partial charge in [0.2, 0.25) is 0 Å². The van der Waals surface area contributed by atoms with Crippen LogP contribution in [0.1, 0.15) is 200 Å². The summed E-state index contributed by atoms with van der Waals surface area (Å²) in [5.41, 5.74) is 0. The van der Waals surface area contributed by atoms with Crippen molar-refractivity contribution in [1.82, 2.24) is 0 Å². The van der Waals surface area contributed by atoms with Gasteiger partial charge in [-0.15, -0.1) is 0 Å². The van der Waals surface area contributed by atoms with Crippen LogP contribution >= 0.6 is 0 Å². The number of hydrogen-bond acceptors (Lipinski definition) is 7. The SMILES string of the molecule is CC/C=C/C/C=C/C/C=C/C/C=C/CCCCCCCCCCCC(=O)OCC(COCCC(C(=O)[O-])[N+](C)(C)C)OC(=O)CCCCC/C=C/CCCCCCCCC. The Hall–Kier alpha value is -2.97. The van der Waals surface area contributed by atoms with E-state index in [0.29, 0.717) is 12.8 Å². The van der Waals surface area contributed by atoms with Crippen molar-refractivity contribution in [3.63, 3.8) is 0 Å². The molecule has 0 amide bonds. The number of carbonyl (C=O) groups excluding carboxylic acids is 3. The number of ether oxygens (including phenoxy) is 3. The fourth-order valence-corrected chi connectivity index (χ4v) is 6.88. The van der Waals surface area contributed by atoms with Gasteiger partial charge in [0, 0.05) is 19.3 Å². The van der Waals surface area contributed by atoms with E-state index in [1.54, 1.807) is 21.1 Å². The number of allylic oxidation sites excluding steroid dienone is 10. The second-order valence-corrected chi connectivity index (χ2v) is 17.3. The van der Waals surface area contributed by atoms with Crippen LogP contribution in [0.3, 0.4) is 0 Å². The first-order valence-electron chi connectivity index (χ1n) is 24.3. The first-order chi connectivity index (χ1) is 29.1. The molecule has 0 aliphatic rings. The molecule has 0 aromatic carbocycles. The van der Waals surface area contributed by atoms with Crippen LogP contribution in [0.25, 0.3) is 0 Å². The number of rotatable bonds is 43. The van der Waals surface area contributed by atoms with Crippen LogP contribution in [-0.4, -0.2) is 75.5 Å². The number of esters is 2. The molecular formula is C52H91NO7. The summed E-state index contributed by atoms with van der Waals surface area (Å²) in [6.07, 6.45) is 52.5. The first kappa shape index (κ1) is 57.0. The van der Waals surface area contributed by atoms with Crippen LogP contribution in [0.5, 0.6) is 0 Å². The van der Waals surface area contributed by atoms with Crippen molar-refractivity contribution in [2.24, 2.45) is 0 Å². The number of nitrogens with zero attached hydrogens (tertiary/aromatic N) is 1. The Morgan fingerprint density at radius 3 is 1.42 bits per heavy atom. The third-order valence-electron chi connectivity index (χ3n) is 10.6. The molecule has 0 saturated carbocycles. The van der Waals surface area contributed by atoms with E-state index in [2.05, 4.69) is 74.6 Å². The van der Waals surface area contributed by atoms with Gasteiger partial charge in [-0.2, -0.15) is 0 Å². The number of hydrogen-bond donors (Lipinski definition) is 0. The maximum absolute atomic E-state index is 12.7. The minimum absolute atomic E-state index is 0.0316. The fraction of sp³-hybridized carbons (Fsp3) is 0.750. The zero-order chi connectivity index (χ0) is 44.2. The molecule has 0 rings (SSSR count). The van der Waals surface area contributed by atoms with Crippen LogP contribution in [0.15, 0.2) is 60.8 Å². The number of aliphatic carboxylic acids is 1. The first-order valence-corrected chi connectivity index (χ1v) is 24.3. The molecule has 0 aliphatic heterocycles. The van der Waals surface area contributed by atoms with E-state index in [1.807, 2.05) is 0 Å². The van der Waals surface area contributed by atoms with E-state index in [9.17, 15) is 19.5 Å². The smallest absolute Gasteiger partial charge is 0.306 e. The lowest BCUT2D eigenvalue weighted by Crippen LogP contribution is -2.55. The maximum Gasteiger partial charge on any atom is 0.306 e. The number of carbonyl (C=O) groups is 3. The minimum Gasteiger partial charge on any atom is -0.544 e. The molecule has 2 atom stereocenters. The molecule has 0 bridgehead atoms. The van der Waals surface area contributed by atoms with Crippen LogP contribution in [0.4, 0.5) is 0 Å². The fourth-order valence-electron chi connectivity index (χ4n) is 6.88. The van der Waals surface area contributed by atoms with Gasteiger partial charge in [-0.3, -0.25) is 9.59 Å². The van der Waals surface area contributed by atoms with Crippen LogP contribution in [0.2, 0.25) is 0 Å². The quantitative estimate of drug-likeness (QED) is 0.0261. The molecule has 0 heterocycles. The summed E-state index contributed by atoms with van der Waals surface area (Å²) in [4.78, 5) is 36.9. The van der Waals surface area contributed by atoms with Crippen molar-refractivity contribution in [3.05, 3.63) is 60.8 Å². The zero-order valence-corrected chi connectivity index (χ0v) is 39.4. The Labute approximate surface area is 368 Å². The summed E-state index contributed by atoms with van der Waals surface area (Å²) in [7, 11) is 5.40.